The van der Waals surface area contributed by atoms with E-state index in [9.17, 15) is 4.79 Å². The van der Waals surface area contributed by atoms with Gasteiger partial charge < -0.3 is 10.1 Å². The molecule has 0 spiro atoms. The van der Waals surface area contributed by atoms with Gasteiger partial charge in [0.1, 0.15) is 0 Å². The van der Waals surface area contributed by atoms with E-state index in [1.165, 1.54) is 12.7 Å². The van der Waals surface area contributed by atoms with E-state index in [0.717, 1.165) is 25.2 Å². The Morgan fingerprint density at radius 1 is 1.36 bits per heavy atom. The van der Waals surface area contributed by atoms with Crippen molar-refractivity contribution >= 4 is 30.0 Å². The van der Waals surface area contributed by atoms with Crippen LogP contribution in [0.4, 0.5) is 0 Å². The number of methoxy groups -OCH3 is 1. The van der Waals surface area contributed by atoms with Gasteiger partial charge in [0.05, 0.1) is 12.7 Å². The van der Waals surface area contributed by atoms with Gasteiger partial charge in [0.2, 0.25) is 0 Å². The van der Waals surface area contributed by atoms with Crippen LogP contribution >= 0.6 is 24.0 Å². The zero-order valence-corrected chi connectivity index (χ0v) is 15.5. The molecule has 1 fully saturated rings. The van der Waals surface area contributed by atoms with E-state index in [1.54, 1.807) is 12.1 Å². The largest absolute Gasteiger partial charge is 0.465 e. The standard InChI is InChI=1S/C18H20ClN3O2.ClH/c1-24-18(23)14-2-3-16(19)15(10-14)12-22-9-8-21-11-17(22)13-4-6-20-7-5-13;/h2-7,10,17,21H,8-9,11-12H2,1H3;1H. The Labute approximate surface area is 158 Å². The minimum Gasteiger partial charge on any atom is -0.465 e. The summed E-state index contributed by atoms with van der Waals surface area (Å²) in [5.41, 5.74) is 2.67. The zero-order valence-electron chi connectivity index (χ0n) is 13.9. The number of carbonyl (C=O) groups is 1. The number of piperazine rings is 1. The molecule has 1 aliphatic heterocycles. The molecular weight excluding hydrogens is 361 g/mol. The lowest BCUT2D eigenvalue weighted by molar-refractivity contribution is 0.0600. The summed E-state index contributed by atoms with van der Waals surface area (Å²) in [7, 11) is 1.38. The number of hydrogen-bond donors (Lipinski definition) is 1. The fourth-order valence-electron chi connectivity index (χ4n) is 3.01. The highest BCUT2D eigenvalue weighted by Crippen LogP contribution is 2.27. The number of rotatable bonds is 4. The first kappa shape index (κ1) is 19.7. The summed E-state index contributed by atoms with van der Waals surface area (Å²) >= 11 is 6.35. The van der Waals surface area contributed by atoms with Gasteiger partial charge in [0.15, 0.2) is 0 Å². The average molecular weight is 382 g/mol. The average Bonchev–Trinajstić information content (AvgIpc) is 2.64. The Kier molecular flexibility index (Phi) is 7.20. The van der Waals surface area contributed by atoms with E-state index in [4.69, 9.17) is 16.3 Å². The maximum Gasteiger partial charge on any atom is 0.337 e. The minimum atomic E-state index is -0.348. The third-order valence-corrected chi connectivity index (χ3v) is 4.65. The lowest BCUT2D eigenvalue weighted by Crippen LogP contribution is -2.45. The summed E-state index contributed by atoms with van der Waals surface area (Å²) in [6.07, 6.45) is 3.62. The number of benzene rings is 1. The Morgan fingerprint density at radius 3 is 2.84 bits per heavy atom. The van der Waals surface area contributed by atoms with Crippen LogP contribution in [0.3, 0.4) is 0 Å². The van der Waals surface area contributed by atoms with Gasteiger partial charge in [-0.2, -0.15) is 0 Å². The molecule has 1 aliphatic rings. The number of carbonyl (C=O) groups excluding carboxylic acids is 1. The van der Waals surface area contributed by atoms with Crippen LogP contribution in [0.2, 0.25) is 5.02 Å². The number of halogens is 2. The topological polar surface area (TPSA) is 54.5 Å². The molecule has 1 unspecified atom stereocenters. The van der Waals surface area contributed by atoms with Crippen LogP contribution in [0.5, 0.6) is 0 Å². The minimum absolute atomic E-state index is 0. The molecule has 7 heteroatoms. The van der Waals surface area contributed by atoms with Gasteiger partial charge in [-0.25, -0.2) is 4.79 Å². The first-order chi connectivity index (χ1) is 11.7. The molecule has 2 aromatic rings. The SMILES string of the molecule is COC(=O)c1ccc(Cl)c(CN2CCNCC2c2ccncc2)c1.Cl. The number of esters is 1. The van der Waals surface area contributed by atoms with Gasteiger partial charge in [-0.3, -0.25) is 9.88 Å². The first-order valence-electron chi connectivity index (χ1n) is 7.90. The van der Waals surface area contributed by atoms with Crippen molar-refractivity contribution in [1.29, 1.82) is 0 Å². The van der Waals surface area contributed by atoms with E-state index in [2.05, 4.69) is 15.2 Å². The highest BCUT2D eigenvalue weighted by Gasteiger charge is 2.24. The molecule has 2 heterocycles. The molecule has 1 saturated heterocycles. The number of nitrogens with one attached hydrogen (secondary N) is 1. The lowest BCUT2D eigenvalue weighted by atomic mass is 10.0. The highest BCUT2D eigenvalue weighted by atomic mass is 35.5. The van der Waals surface area contributed by atoms with Gasteiger partial charge in [-0.05, 0) is 41.5 Å². The molecule has 0 radical (unpaired) electrons. The normalized spacial score (nSPS) is 17.6. The van der Waals surface area contributed by atoms with E-state index >= 15 is 0 Å². The summed E-state index contributed by atoms with van der Waals surface area (Å²) < 4.78 is 4.80. The maximum absolute atomic E-state index is 11.8. The van der Waals surface area contributed by atoms with Gasteiger partial charge in [-0.15, -0.1) is 12.4 Å². The number of ether oxygens (including phenoxy) is 1. The first-order valence-corrected chi connectivity index (χ1v) is 8.28. The van der Waals surface area contributed by atoms with E-state index < -0.39 is 0 Å². The second-order valence-electron chi connectivity index (χ2n) is 5.77. The molecule has 0 bridgehead atoms. The summed E-state index contributed by atoms with van der Waals surface area (Å²) in [6, 6.07) is 9.59. The van der Waals surface area contributed by atoms with Crippen LogP contribution in [-0.2, 0) is 11.3 Å². The van der Waals surface area contributed by atoms with Crippen molar-refractivity contribution in [3.05, 3.63) is 64.4 Å². The third-order valence-electron chi connectivity index (χ3n) is 4.29. The van der Waals surface area contributed by atoms with E-state index in [1.807, 2.05) is 30.6 Å². The number of pyridine rings is 1. The van der Waals surface area contributed by atoms with Gasteiger partial charge in [0.25, 0.3) is 0 Å². The zero-order chi connectivity index (χ0) is 16.9. The molecule has 5 nitrogen and oxygen atoms in total. The molecule has 0 amide bonds. The fraction of sp³-hybridized carbons (Fsp3) is 0.333. The Morgan fingerprint density at radius 2 is 2.12 bits per heavy atom. The van der Waals surface area contributed by atoms with Crippen molar-refractivity contribution in [1.82, 2.24) is 15.2 Å². The van der Waals surface area contributed by atoms with Crippen molar-refractivity contribution in [2.45, 2.75) is 12.6 Å². The molecule has 134 valence electrons. The molecule has 1 aromatic heterocycles. The highest BCUT2D eigenvalue weighted by molar-refractivity contribution is 6.31. The molecule has 1 atom stereocenters. The summed E-state index contributed by atoms with van der Waals surface area (Å²) in [4.78, 5) is 18.2. The lowest BCUT2D eigenvalue weighted by Gasteiger charge is -2.36. The van der Waals surface area contributed by atoms with Crippen molar-refractivity contribution in [3.8, 4) is 0 Å². The molecule has 1 N–H and O–H groups in total. The summed E-state index contributed by atoms with van der Waals surface area (Å²) in [5.74, 6) is -0.348. The van der Waals surface area contributed by atoms with E-state index in [-0.39, 0.29) is 24.4 Å². The molecule has 25 heavy (non-hydrogen) atoms. The predicted octanol–water partition coefficient (Wildman–Crippen LogP) is 3.09. The number of nitrogens with zero attached hydrogens (tertiary/aromatic N) is 2. The molecule has 3 rings (SSSR count). The molecule has 0 aliphatic carbocycles. The van der Waals surface area contributed by atoms with Crippen molar-refractivity contribution in [2.75, 3.05) is 26.7 Å². The maximum atomic E-state index is 11.8. The second kappa shape index (κ2) is 9.15. The summed E-state index contributed by atoms with van der Waals surface area (Å²) in [5, 5.41) is 4.09. The Bertz CT molecular complexity index is 713. The van der Waals surface area contributed by atoms with Crippen LogP contribution < -0.4 is 5.32 Å². The smallest absolute Gasteiger partial charge is 0.337 e. The van der Waals surface area contributed by atoms with Gasteiger partial charge in [0, 0.05) is 49.6 Å². The van der Waals surface area contributed by atoms with Crippen molar-refractivity contribution < 1.29 is 9.53 Å². The van der Waals surface area contributed by atoms with Crippen LogP contribution in [0, 0.1) is 0 Å². The monoisotopic (exact) mass is 381 g/mol. The van der Waals surface area contributed by atoms with Gasteiger partial charge in [-0.1, -0.05) is 11.6 Å². The van der Waals surface area contributed by atoms with Gasteiger partial charge >= 0.3 is 5.97 Å². The van der Waals surface area contributed by atoms with Crippen molar-refractivity contribution in [3.63, 3.8) is 0 Å². The number of aromatic nitrogens is 1. The number of hydrogen-bond acceptors (Lipinski definition) is 5. The van der Waals surface area contributed by atoms with Crippen molar-refractivity contribution in [2.24, 2.45) is 0 Å². The molecular formula is C18H21Cl2N3O2. The van der Waals surface area contributed by atoms with Crippen LogP contribution in [0.15, 0.2) is 42.7 Å². The quantitative estimate of drug-likeness (QED) is 0.824. The Hall–Kier alpha value is -1.66. The summed E-state index contributed by atoms with van der Waals surface area (Å²) in [6.45, 7) is 3.39. The predicted molar refractivity (Wildman–Crippen MR) is 100 cm³/mol. The second-order valence-corrected chi connectivity index (χ2v) is 6.18. The fourth-order valence-corrected chi connectivity index (χ4v) is 3.19. The Balaban J connectivity index is 0.00000225. The molecule has 1 aromatic carbocycles. The van der Waals surface area contributed by atoms with Crippen LogP contribution in [-0.4, -0.2) is 42.6 Å². The third kappa shape index (κ3) is 4.70. The van der Waals surface area contributed by atoms with Crippen LogP contribution in [0.25, 0.3) is 0 Å². The molecule has 0 saturated carbocycles. The van der Waals surface area contributed by atoms with E-state index in [0.29, 0.717) is 17.1 Å². The van der Waals surface area contributed by atoms with Crippen LogP contribution in [0.1, 0.15) is 27.5 Å².